The SMILES string of the molecule is OC1=C(Br)C(=S)c2ccccc2C1. The highest BCUT2D eigenvalue weighted by molar-refractivity contribution is 9.12. The summed E-state index contributed by atoms with van der Waals surface area (Å²) >= 11 is 8.47. The Morgan fingerprint density at radius 1 is 1.31 bits per heavy atom. The molecule has 1 aromatic rings. The van der Waals surface area contributed by atoms with Crippen LogP contribution < -0.4 is 0 Å². The van der Waals surface area contributed by atoms with E-state index in [4.69, 9.17) is 12.2 Å². The molecule has 0 saturated carbocycles. The third kappa shape index (κ3) is 1.42. The van der Waals surface area contributed by atoms with E-state index < -0.39 is 0 Å². The van der Waals surface area contributed by atoms with Crippen LogP contribution in [0.3, 0.4) is 0 Å². The molecule has 0 unspecified atom stereocenters. The van der Waals surface area contributed by atoms with Crippen LogP contribution in [0, 0.1) is 0 Å². The van der Waals surface area contributed by atoms with Crippen LogP contribution in [0.25, 0.3) is 0 Å². The van der Waals surface area contributed by atoms with Gasteiger partial charge in [0.15, 0.2) is 0 Å². The number of aliphatic hydroxyl groups excluding tert-OH is 1. The van der Waals surface area contributed by atoms with Crippen molar-refractivity contribution in [2.75, 3.05) is 0 Å². The zero-order valence-electron chi connectivity index (χ0n) is 6.75. The second-order valence-electron chi connectivity index (χ2n) is 2.92. The van der Waals surface area contributed by atoms with Gasteiger partial charge in [-0.05, 0) is 27.1 Å². The summed E-state index contributed by atoms with van der Waals surface area (Å²) in [6, 6.07) is 7.87. The van der Waals surface area contributed by atoms with E-state index in [1.807, 2.05) is 24.3 Å². The summed E-state index contributed by atoms with van der Waals surface area (Å²) in [6.07, 6.45) is 0.566. The molecule has 1 aliphatic rings. The molecule has 66 valence electrons. The average molecular weight is 255 g/mol. The van der Waals surface area contributed by atoms with Gasteiger partial charge < -0.3 is 5.11 Å². The van der Waals surface area contributed by atoms with Crippen LogP contribution in [-0.4, -0.2) is 9.97 Å². The summed E-state index contributed by atoms with van der Waals surface area (Å²) in [5.41, 5.74) is 2.13. The third-order valence-electron chi connectivity index (χ3n) is 2.07. The fourth-order valence-electron chi connectivity index (χ4n) is 1.40. The molecule has 0 heterocycles. The summed E-state index contributed by atoms with van der Waals surface area (Å²) in [7, 11) is 0. The maximum atomic E-state index is 9.54. The lowest BCUT2D eigenvalue weighted by molar-refractivity contribution is 0.397. The Morgan fingerprint density at radius 3 is 2.77 bits per heavy atom. The number of allylic oxidation sites excluding steroid dienone is 2. The second-order valence-corrected chi connectivity index (χ2v) is 4.12. The van der Waals surface area contributed by atoms with Crippen molar-refractivity contribution in [1.82, 2.24) is 0 Å². The van der Waals surface area contributed by atoms with Gasteiger partial charge in [-0.2, -0.15) is 0 Å². The lowest BCUT2D eigenvalue weighted by Gasteiger charge is -2.16. The van der Waals surface area contributed by atoms with Crippen molar-refractivity contribution in [1.29, 1.82) is 0 Å². The maximum Gasteiger partial charge on any atom is 0.112 e. The van der Waals surface area contributed by atoms with Crippen LogP contribution in [0.2, 0.25) is 0 Å². The highest BCUT2D eigenvalue weighted by Gasteiger charge is 2.19. The van der Waals surface area contributed by atoms with Crippen molar-refractivity contribution in [3.05, 3.63) is 45.6 Å². The van der Waals surface area contributed by atoms with E-state index in [-0.39, 0.29) is 0 Å². The first kappa shape index (κ1) is 8.91. The zero-order valence-corrected chi connectivity index (χ0v) is 9.15. The van der Waals surface area contributed by atoms with Crippen molar-refractivity contribution in [3.63, 3.8) is 0 Å². The van der Waals surface area contributed by atoms with E-state index >= 15 is 0 Å². The van der Waals surface area contributed by atoms with Gasteiger partial charge >= 0.3 is 0 Å². The van der Waals surface area contributed by atoms with Crippen molar-refractivity contribution in [2.24, 2.45) is 0 Å². The summed E-state index contributed by atoms with van der Waals surface area (Å²) in [5, 5.41) is 9.54. The number of hydrogen-bond acceptors (Lipinski definition) is 2. The van der Waals surface area contributed by atoms with Gasteiger partial charge in [0.05, 0.1) is 9.35 Å². The number of aliphatic hydroxyl groups is 1. The molecule has 13 heavy (non-hydrogen) atoms. The number of thiocarbonyl (C=S) groups is 1. The van der Waals surface area contributed by atoms with E-state index in [2.05, 4.69) is 15.9 Å². The Kier molecular flexibility index (Phi) is 2.22. The van der Waals surface area contributed by atoms with E-state index in [0.29, 0.717) is 21.5 Å². The van der Waals surface area contributed by atoms with Crippen LogP contribution >= 0.6 is 28.1 Å². The molecule has 0 aliphatic heterocycles. The van der Waals surface area contributed by atoms with Gasteiger partial charge in [0.25, 0.3) is 0 Å². The van der Waals surface area contributed by atoms with Gasteiger partial charge in [-0.1, -0.05) is 36.5 Å². The molecule has 0 atom stereocenters. The van der Waals surface area contributed by atoms with E-state index in [1.165, 1.54) is 0 Å². The molecule has 0 fully saturated rings. The molecule has 0 spiro atoms. The minimum Gasteiger partial charge on any atom is -0.511 e. The van der Waals surface area contributed by atoms with Gasteiger partial charge in [-0.15, -0.1) is 0 Å². The predicted molar refractivity (Wildman–Crippen MR) is 60.4 cm³/mol. The van der Waals surface area contributed by atoms with E-state index in [9.17, 15) is 5.11 Å². The first-order valence-corrected chi connectivity index (χ1v) is 5.10. The van der Waals surface area contributed by atoms with Gasteiger partial charge in [0.2, 0.25) is 0 Å². The van der Waals surface area contributed by atoms with Crippen LogP contribution in [-0.2, 0) is 6.42 Å². The molecule has 1 nitrogen and oxygen atoms in total. The van der Waals surface area contributed by atoms with Crippen LogP contribution in [0.1, 0.15) is 11.1 Å². The Morgan fingerprint density at radius 2 is 2.00 bits per heavy atom. The first-order valence-electron chi connectivity index (χ1n) is 3.90. The van der Waals surface area contributed by atoms with Crippen LogP contribution in [0.4, 0.5) is 0 Å². The lowest BCUT2D eigenvalue weighted by Crippen LogP contribution is -2.11. The molecule has 1 aromatic carbocycles. The normalized spacial score (nSPS) is 15.9. The minimum atomic E-state index is 0.323. The van der Waals surface area contributed by atoms with Crippen LogP contribution in [0.15, 0.2) is 34.5 Å². The number of fused-ring (bicyclic) bond motifs is 1. The van der Waals surface area contributed by atoms with Crippen molar-refractivity contribution in [2.45, 2.75) is 6.42 Å². The number of rotatable bonds is 0. The highest BCUT2D eigenvalue weighted by atomic mass is 79.9. The summed E-state index contributed by atoms with van der Waals surface area (Å²) in [4.78, 5) is 0.694. The van der Waals surface area contributed by atoms with Gasteiger partial charge in [0.1, 0.15) is 5.76 Å². The largest absolute Gasteiger partial charge is 0.511 e. The highest BCUT2D eigenvalue weighted by Crippen LogP contribution is 2.28. The summed E-state index contributed by atoms with van der Waals surface area (Å²) in [5.74, 6) is 0.323. The smallest absolute Gasteiger partial charge is 0.112 e. The Balaban J connectivity index is 2.59. The average Bonchev–Trinajstić information content (AvgIpc) is 2.15. The third-order valence-corrected chi connectivity index (χ3v) is 3.61. The monoisotopic (exact) mass is 254 g/mol. The van der Waals surface area contributed by atoms with Crippen molar-refractivity contribution in [3.8, 4) is 0 Å². The second kappa shape index (κ2) is 3.24. The molecular weight excluding hydrogens is 248 g/mol. The lowest BCUT2D eigenvalue weighted by atomic mass is 9.96. The molecule has 1 aliphatic carbocycles. The van der Waals surface area contributed by atoms with E-state index in [0.717, 1.165) is 11.1 Å². The molecule has 0 saturated heterocycles. The fourth-order valence-corrected chi connectivity index (χ4v) is 2.07. The maximum absolute atomic E-state index is 9.54. The van der Waals surface area contributed by atoms with Gasteiger partial charge in [-0.25, -0.2) is 0 Å². The molecule has 2 rings (SSSR count). The molecule has 0 amide bonds. The standard InChI is InChI=1S/C10H7BrOS/c11-9-8(12)5-6-3-1-2-4-7(6)10(9)13/h1-4,12H,5H2. The zero-order chi connectivity index (χ0) is 9.42. The minimum absolute atomic E-state index is 0.323. The first-order chi connectivity index (χ1) is 6.20. The number of benzene rings is 1. The molecule has 1 N–H and O–H groups in total. The Bertz CT molecular complexity index is 409. The summed E-state index contributed by atoms with van der Waals surface area (Å²) < 4.78 is 0.654. The molecule has 0 radical (unpaired) electrons. The topological polar surface area (TPSA) is 20.2 Å². The molecule has 0 aromatic heterocycles. The Labute approximate surface area is 90.2 Å². The fraction of sp³-hybridized carbons (Fsp3) is 0.100. The molecule has 0 bridgehead atoms. The van der Waals surface area contributed by atoms with E-state index in [1.54, 1.807) is 0 Å². The van der Waals surface area contributed by atoms with Gasteiger partial charge in [0, 0.05) is 6.42 Å². The summed E-state index contributed by atoms with van der Waals surface area (Å²) in [6.45, 7) is 0. The Hall–Kier alpha value is -0.670. The van der Waals surface area contributed by atoms with Crippen LogP contribution in [0.5, 0.6) is 0 Å². The predicted octanol–water partition coefficient (Wildman–Crippen LogP) is 3.13. The van der Waals surface area contributed by atoms with Crippen molar-refractivity contribution < 1.29 is 5.11 Å². The number of hydrogen-bond donors (Lipinski definition) is 1. The quantitative estimate of drug-likeness (QED) is 0.719. The number of halogens is 1. The van der Waals surface area contributed by atoms with Crippen molar-refractivity contribution >= 4 is 33.0 Å². The molecular formula is C10H7BrOS. The molecule has 3 heteroatoms. The van der Waals surface area contributed by atoms with Gasteiger partial charge in [-0.3, -0.25) is 0 Å².